The molecule has 11 heteroatoms. The van der Waals surface area contributed by atoms with Crippen LogP contribution in [-0.4, -0.2) is 91.8 Å². The lowest BCUT2D eigenvalue weighted by molar-refractivity contribution is -0.0190. The number of carbonyl (C=O) groups is 2. The molecule has 1 aliphatic carbocycles. The van der Waals surface area contributed by atoms with Gasteiger partial charge in [-0.05, 0) is 89.2 Å². The van der Waals surface area contributed by atoms with Crippen molar-refractivity contribution in [3.63, 3.8) is 0 Å². The van der Waals surface area contributed by atoms with Gasteiger partial charge in [0.25, 0.3) is 5.91 Å². The highest BCUT2D eigenvalue weighted by Gasteiger charge is 2.31. The van der Waals surface area contributed by atoms with Crippen LogP contribution in [0.3, 0.4) is 0 Å². The Hall–Kier alpha value is -3.54. The van der Waals surface area contributed by atoms with Gasteiger partial charge in [0.05, 0.1) is 30.4 Å². The summed E-state index contributed by atoms with van der Waals surface area (Å²) >= 11 is 0. The topological polar surface area (TPSA) is 122 Å². The summed E-state index contributed by atoms with van der Waals surface area (Å²) in [5, 5.41) is 15.9. The van der Waals surface area contributed by atoms with E-state index in [1.54, 1.807) is 41.3 Å². The number of urea groups is 1. The summed E-state index contributed by atoms with van der Waals surface area (Å²) in [6, 6.07) is 9.39. The van der Waals surface area contributed by atoms with Gasteiger partial charge in [-0.15, -0.1) is 0 Å². The Bertz CT molecular complexity index is 1370. The molecule has 5 rings (SSSR count). The smallest absolute Gasteiger partial charge is 0.323 e. The number of hydrogen-bond acceptors (Lipinski definition) is 8. The van der Waals surface area contributed by atoms with E-state index < -0.39 is 12.1 Å². The fraction of sp³-hybridized carbons (Fsp3) is 0.622. The van der Waals surface area contributed by atoms with Gasteiger partial charge in [-0.25, -0.2) is 4.79 Å². The second-order valence-electron chi connectivity index (χ2n) is 13.9. The first-order valence-corrected chi connectivity index (χ1v) is 17.7. The fourth-order valence-electron chi connectivity index (χ4n) is 6.92. The minimum absolute atomic E-state index is 0.0109. The van der Waals surface area contributed by atoms with Crippen LogP contribution in [0.25, 0.3) is 0 Å². The SMILES string of the molecule is C[C@@H]1CCCCO[C@@H](CN(C)CC2CCCCC2)[C@@H](C)CN([C@H](C)CO)C(=O)c2cc(NC(=O)Nc3ccc4c(c3)OCO4)ccc2O1. The van der Waals surface area contributed by atoms with Crippen molar-refractivity contribution in [3.05, 3.63) is 42.0 Å². The maximum atomic E-state index is 14.4. The predicted octanol–water partition coefficient (Wildman–Crippen LogP) is 6.37. The molecule has 2 aromatic rings. The molecule has 0 aromatic heterocycles. The second-order valence-corrected chi connectivity index (χ2v) is 13.9. The van der Waals surface area contributed by atoms with Gasteiger partial charge >= 0.3 is 6.03 Å². The Morgan fingerprint density at radius 1 is 0.938 bits per heavy atom. The van der Waals surface area contributed by atoms with Gasteiger partial charge in [0.15, 0.2) is 11.5 Å². The van der Waals surface area contributed by atoms with Crippen LogP contribution < -0.4 is 24.8 Å². The van der Waals surface area contributed by atoms with Gasteiger partial charge in [-0.3, -0.25) is 4.79 Å². The van der Waals surface area contributed by atoms with E-state index in [4.69, 9.17) is 18.9 Å². The number of amides is 3. The number of benzene rings is 2. The van der Waals surface area contributed by atoms with Gasteiger partial charge in [-0.2, -0.15) is 0 Å². The van der Waals surface area contributed by atoms with E-state index in [0.717, 1.165) is 38.3 Å². The highest BCUT2D eigenvalue weighted by atomic mass is 16.7. The van der Waals surface area contributed by atoms with Crippen LogP contribution in [0.1, 0.15) is 82.5 Å². The molecule has 2 heterocycles. The molecule has 264 valence electrons. The van der Waals surface area contributed by atoms with Crippen molar-refractivity contribution in [1.82, 2.24) is 9.80 Å². The van der Waals surface area contributed by atoms with E-state index >= 15 is 0 Å². The van der Waals surface area contributed by atoms with Crippen LogP contribution in [0, 0.1) is 11.8 Å². The molecule has 4 atom stereocenters. The van der Waals surface area contributed by atoms with E-state index in [9.17, 15) is 14.7 Å². The molecule has 2 aromatic carbocycles. The maximum Gasteiger partial charge on any atom is 0.323 e. The zero-order valence-electron chi connectivity index (χ0n) is 29.0. The number of ether oxygens (including phenoxy) is 4. The van der Waals surface area contributed by atoms with E-state index in [0.29, 0.717) is 47.3 Å². The Morgan fingerprint density at radius 3 is 2.38 bits per heavy atom. The van der Waals surface area contributed by atoms with Crippen molar-refractivity contribution >= 4 is 23.3 Å². The number of rotatable bonds is 8. The summed E-state index contributed by atoms with van der Waals surface area (Å²) in [5.41, 5.74) is 1.31. The lowest BCUT2D eigenvalue weighted by Gasteiger charge is -2.36. The molecule has 3 aliphatic rings. The summed E-state index contributed by atoms with van der Waals surface area (Å²) in [7, 11) is 2.18. The van der Waals surface area contributed by atoms with Crippen LogP contribution in [0.15, 0.2) is 36.4 Å². The van der Waals surface area contributed by atoms with Gasteiger partial charge in [0.1, 0.15) is 5.75 Å². The van der Waals surface area contributed by atoms with Crippen molar-refractivity contribution in [2.24, 2.45) is 11.8 Å². The number of fused-ring (bicyclic) bond motifs is 2. The molecule has 0 radical (unpaired) electrons. The third-order valence-corrected chi connectivity index (χ3v) is 9.73. The largest absolute Gasteiger partial charge is 0.490 e. The third kappa shape index (κ3) is 9.76. The van der Waals surface area contributed by atoms with Crippen LogP contribution in [0.2, 0.25) is 0 Å². The maximum absolute atomic E-state index is 14.4. The molecular formula is C37H54N4O7. The molecule has 1 saturated carbocycles. The first-order chi connectivity index (χ1) is 23.2. The highest BCUT2D eigenvalue weighted by Crippen LogP contribution is 2.34. The molecule has 48 heavy (non-hydrogen) atoms. The molecule has 0 saturated heterocycles. The van der Waals surface area contributed by atoms with E-state index in [1.807, 2.05) is 13.8 Å². The molecule has 0 bridgehead atoms. The lowest BCUT2D eigenvalue weighted by Crippen LogP contribution is -2.47. The lowest BCUT2D eigenvalue weighted by atomic mass is 9.89. The molecule has 0 unspecified atom stereocenters. The first kappa shape index (κ1) is 35.8. The molecule has 1 fully saturated rings. The number of carbonyl (C=O) groups excluding carboxylic acids is 2. The van der Waals surface area contributed by atoms with Crippen molar-refractivity contribution < 1.29 is 33.6 Å². The number of nitrogens with zero attached hydrogens (tertiary/aromatic N) is 2. The minimum atomic E-state index is -0.469. The van der Waals surface area contributed by atoms with Crippen molar-refractivity contribution in [3.8, 4) is 17.2 Å². The summed E-state index contributed by atoms with van der Waals surface area (Å²) in [4.78, 5) is 31.5. The number of anilines is 2. The van der Waals surface area contributed by atoms with E-state index in [2.05, 4.69) is 29.5 Å². The van der Waals surface area contributed by atoms with Gasteiger partial charge < -0.3 is 44.5 Å². The molecular weight excluding hydrogens is 612 g/mol. The fourth-order valence-corrected chi connectivity index (χ4v) is 6.92. The van der Waals surface area contributed by atoms with Crippen LogP contribution in [-0.2, 0) is 4.74 Å². The van der Waals surface area contributed by atoms with Gasteiger partial charge in [0, 0.05) is 49.6 Å². The number of aliphatic hydroxyl groups is 1. The number of nitrogens with one attached hydrogen (secondary N) is 2. The van der Waals surface area contributed by atoms with E-state index in [-0.39, 0.29) is 37.4 Å². The summed E-state index contributed by atoms with van der Waals surface area (Å²) in [6.45, 7) is 8.85. The van der Waals surface area contributed by atoms with E-state index in [1.165, 1.54) is 32.1 Å². The monoisotopic (exact) mass is 666 g/mol. The summed E-state index contributed by atoms with van der Waals surface area (Å²) in [6.07, 6.45) is 9.03. The Labute approximate surface area is 285 Å². The highest BCUT2D eigenvalue weighted by molar-refractivity contribution is 6.02. The zero-order valence-corrected chi connectivity index (χ0v) is 29.0. The zero-order chi connectivity index (χ0) is 34.0. The Kier molecular flexibility index (Phi) is 12.8. The quantitative estimate of drug-likeness (QED) is 0.297. The molecule has 3 N–H and O–H groups in total. The number of aliphatic hydroxyl groups excluding tert-OH is 1. The second kappa shape index (κ2) is 17.2. The normalized spacial score (nSPS) is 23.2. The average Bonchev–Trinajstić information content (AvgIpc) is 3.54. The van der Waals surface area contributed by atoms with Crippen LogP contribution in [0.4, 0.5) is 16.2 Å². The summed E-state index contributed by atoms with van der Waals surface area (Å²) < 4.78 is 23.7. The third-order valence-electron chi connectivity index (χ3n) is 9.73. The Morgan fingerprint density at radius 2 is 1.62 bits per heavy atom. The van der Waals surface area contributed by atoms with Crippen molar-refractivity contribution in [2.75, 3.05) is 57.3 Å². The van der Waals surface area contributed by atoms with Crippen LogP contribution >= 0.6 is 0 Å². The molecule has 0 spiro atoms. The predicted molar refractivity (Wildman–Crippen MR) is 186 cm³/mol. The van der Waals surface area contributed by atoms with Crippen molar-refractivity contribution in [2.45, 2.75) is 90.4 Å². The molecule has 3 amide bonds. The molecule has 2 aliphatic heterocycles. The van der Waals surface area contributed by atoms with Crippen molar-refractivity contribution in [1.29, 1.82) is 0 Å². The molecule has 11 nitrogen and oxygen atoms in total. The first-order valence-electron chi connectivity index (χ1n) is 17.7. The number of likely N-dealkylation sites (N-methyl/N-ethyl adjacent to an activating group) is 1. The minimum Gasteiger partial charge on any atom is -0.490 e. The van der Waals surface area contributed by atoms with Crippen LogP contribution in [0.5, 0.6) is 17.2 Å². The van der Waals surface area contributed by atoms with Gasteiger partial charge in [-0.1, -0.05) is 26.2 Å². The Balaban J connectivity index is 1.35. The van der Waals surface area contributed by atoms with Gasteiger partial charge in [0.2, 0.25) is 6.79 Å². The standard InChI is InChI=1S/C37H54N4O7/c1-25-20-41(26(2)23-42)36(43)31-18-29(38-37(44)39-30-14-16-33-34(19-30)47-24-46-33)13-15-32(31)48-27(3)10-8-9-17-45-35(25)22-40(4)21-28-11-6-5-7-12-28/h13-16,18-19,25-28,35,42H,5-12,17,20-24H2,1-4H3,(H2,38,39,44)/t25-,26+,27+,35-/m0/s1. The summed E-state index contributed by atoms with van der Waals surface area (Å²) in [5.74, 6) is 2.11. The average molecular weight is 667 g/mol. The number of hydrogen-bond donors (Lipinski definition) is 3.